The number of hydrogen-bond donors (Lipinski definition) is 1. The summed E-state index contributed by atoms with van der Waals surface area (Å²) in [6, 6.07) is 15.3. The zero-order chi connectivity index (χ0) is 21.5. The van der Waals surface area contributed by atoms with E-state index in [1.807, 2.05) is 49.1 Å². The smallest absolute Gasteiger partial charge is 0.244 e. The molecule has 1 aliphatic rings. The van der Waals surface area contributed by atoms with Crippen LogP contribution in [-0.4, -0.2) is 66.9 Å². The molecule has 0 saturated carbocycles. The van der Waals surface area contributed by atoms with Crippen LogP contribution in [0.15, 0.2) is 54.6 Å². The number of para-hydroxylation sites is 1. The van der Waals surface area contributed by atoms with Gasteiger partial charge in [-0.1, -0.05) is 24.3 Å². The molecule has 1 N–H and O–H groups in total. The van der Waals surface area contributed by atoms with Crippen molar-refractivity contribution in [3.63, 3.8) is 0 Å². The Kier molecular flexibility index (Phi) is 7.54. The quantitative estimate of drug-likeness (QED) is 0.760. The van der Waals surface area contributed by atoms with E-state index >= 15 is 0 Å². The first kappa shape index (κ1) is 21.9. The number of benzene rings is 2. The van der Waals surface area contributed by atoms with Crippen LogP contribution in [0.5, 0.6) is 0 Å². The van der Waals surface area contributed by atoms with Gasteiger partial charge in [-0.3, -0.25) is 19.4 Å². The molecule has 1 saturated heterocycles. The number of carbonyl (C=O) groups is 2. The number of rotatable bonds is 7. The Morgan fingerprint density at radius 3 is 2.40 bits per heavy atom. The van der Waals surface area contributed by atoms with Crippen molar-refractivity contribution >= 4 is 23.2 Å². The van der Waals surface area contributed by atoms with Crippen molar-refractivity contribution in [2.45, 2.75) is 19.9 Å². The Balaban J connectivity index is 1.49. The summed E-state index contributed by atoms with van der Waals surface area (Å²) in [5.74, 6) is -0.461. The van der Waals surface area contributed by atoms with Crippen LogP contribution in [0.25, 0.3) is 0 Å². The average Bonchev–Trinajstić information content (AvgIpc) is 2.75. The van der Waals surface area contributed by atoms with Gasteiger partial charge in [0.05, 0.1) is 12.6 Å². The van der Waals surface area contributed by atoms with Crippen LogP contribution in [0.1, 0.15) is 13.8 Å². The molecule has 0 unspecified atom stereocenters. The van der Waals surface area contributed by atoms with Crippen LogP contribution >= 0.6 is 0 Å². The number of halogens is 1. The summed E-state index contributed by atoms with van der Waals surface area (Å²) in [5.41, 5.74) is 1.36. The maximum atomic E-state index is 13.3. The third kappa shape index (κ3) is 5.64. The maximum absolute atomic E-state index is 13.3. The van der Waals surface area contributed by atoms with Gasteiger partial charge in [-0.25, -0.2) is 4.39 Å². The Labute approximate surface area is 177 Å². The molecule has 0 bridgehead atoms. The van der Waals surface area contributed by atoms with Crippen molar-refractivity contribution < 1.29 is 14.0 Å². The van der Waals surface area contributed by atoms with Gasteiger partial charge in [-0.05, 0) is 44.2 Å². The minimum atomic E-state index is -0.378. The lowest BCUT2D eigenvalue weighted by Crippen LogP contribution is -2.55. The van der Waals surface area contributed by atoms with Crippen molar-refractivity contribution in [2.75, 3.05) is 49.5 Å². The number of nitrogens with zero attached hydrogens (tertiary/aromatic N) is 3. The third-order valence-electron chi connectivity index (χ3n) is 5.44. The summed E-state index contributed by atoms with van der Waals surface area (Å²) >= 11 is 0. The van der Waals surface area contributed by atoms with Gasteiger partial charge in [0, 0.05) is 44.1 Å². The van der Waals surface area contributed by atoms with Gasteiger partial charge in [0.15, 0.2) is 0 Å². The molecule has 0 radical (unpaired) electrons. The average molecular weight is 413 g/mol. The molecule has 1 atom stereocenters. The summed E-state index contributed by atoms with van der Waals surface area (Å²) in [6.45, 7) is 7.62. The molecule has 1 aliphatic heterocycles. The molecule has 2 aromatic carbocycles. The number of hydrogen-bond acceptors (Lipinski definition) is 4. The first-order valence-electron chi connectivity index (χ1n) is 10.4. The molecule has 1 fully saturated rings. The lowest BCUT2D eigenvalue weighted by atomic mass is 10.1. The topological polar surface area (TPSA) is 55.9 Å². The van der Waals surface area contributed by atoms with Gasteiger partial charge < -0.3 is 10.2 Å². The largest absolute Gasteiger partial charge is 0.325 e. The van der Waals surface area contributed by atoms with Crippen LogP contribution < -0.4 is 10.2 Å². The molecule has 2 amide bonds. The normalized spacial score (nSPS) is 16.1. The van der Waals surface area contributed by atoms with Crippen molar-refractivity contribution in [3.8, 4) is 0 Å². The van der Waals surface area contributed by atoms with Crippen LogP contribution in [-0.2, 0) is 9.59 Å². The summed E-state index contributed by atoms with van der Waals surface area (Å²) in [7, 11) is 0. The second kappa shape index (κ2) is 10.3. The van der Waals surface area contributed by atoms with Crippen LogP contribution in [0.4, 0.5) is 15.8 Å². The minimum Gasteiger partial charge on any atom is -0.325 e. The lowest BCUT2D eigenvalue weighted by molar-refractivity contribution is -0.124. The monoisotopic (exact) mass is 412 g/mol. The SMILES string of the molecule is CCN(C(=O)[C@@H](C)N1CCN(CC(=O)Nc2cccc(F)c2)CC1)c1ccccc1. The van der Waals surface area contributed by atoms with E-state index in [2.05, 4.69) is 15.1 Å². The van der Waals surface area contributed by atoms with E-state index in [1.165, 1.54) is 12.1 Å². The second-order valence-corrected chi connectivity index (χ2v) is 7.46. The molecule has 30 heavy (non-hydrogen) atoms. The lowest BCUT2D eigenvalue weighted by Gasteiger charge is -2.38. The van der Waals surface area contributed by atoms with E-state index in [1.54, 1.807) is 12.1 Å². The van der Waals surface area contributed by atoms with Crippen molar-refractivity contribution in [1.82, 2.24) is 9.80 Å². The predicted molar refractivity (Wildman–Crippen MR) is 117 cm³/mol. The molecule has 7 heteroatoms. The highest BCUT2D eigenvalue weighted by Crippen LogP contribution is 2.17. The van der Waals surface area contributed by atoms with Gasteiger partial charge in [0.2, 0.25) is 11.8 Å². The van der Waals surface area contributed by atoms with E-state index in [0.717, 1.165) is 5.69 Å². The van der Waals surface area contributed by atoms with Crippen molar-refractivity contribution in [3.05, 3.63) is 60.4 Å². The van der Waals surface area contributed by atoms with Crippen molar-refractivity contribution in [2.24, 2.45) is 0 Å². The maximum Gasteiger partial charge on any atom is 0.244 e. The van der Waals surface area contributed by atoms with Crippen LogP contribution in [0.3, 0.4) is 0 Å². The third-order valence-corrected chi connectivity index (χ3v) is 5.44. The Hall–Kier alpha value is -2.77. The van der Waals surface area contributed by atoms with Gasteiger partial charge >= 0.3 is 0 Å². The summed E-state index contributed by atoms with van der Waals surface area (Å²) in [6.07, 6.45) is 0. The molecule has 0 aromatic heterocycles. The first-order valence-corrected chi connectivity index (χ1v) is 10.4. The number of amides is 2. The number of carbonyl (C=O) groups excluding carboxylic acids is 2. The molecule has 0 spiro atoms. The predicted octanol–water partition coefficient (Wildman–Crippen LogP) is 2.82. The first-order chi connectivity index (χ1) is 14.5. The van der Waals surface area contributed by atoms with E-state index in [0.29, 0.717) is 38.4 Å². The summed E-state index contributed by atoms with van der Waals surface area (Å²) in [5, 5.41) is 2.73. The fourth-order valence-corrected chi connectivity index (χ4v) is 3.73. The van der Waals surface area contributed by atoms with Crippen molar-refractivity contribution in [1.29, 1.82) is 0 Å². The number of likely N-dealkylation sites (N-methyl/N-ethyl adjacent to an activating group) is 1. The van der Waals surface area contributed by atoms with E-state index in [9.17, 15) is 14.0 Å². The molecular formula is C23H29FN4O2. The number of nitrogens with one attached hydrogen (secondary N) is 1. The molecule has 2 aromatic rings. The molecule has 160 valence electrons. The molecule has 3 rings (SSSR count). The van der Waals surface area contributed by atoms with E-state index in [-0.39, 0.29) is 30.2 Å². The summed E-state index contributed by atoms with van der Waals surface area (Å²) in [4.78, 5) is 31.3. The Morgan fingerprint density at radius 1 is 1.07 bits per heavy atom. The van der Waals surface area contributed by atoms with E-state index in [4.69, 9.17) is 0 Å². The van der Waals surface area contributed by atoms with Gasteiger partial charge in [0.25, 0.3) is 0 Å². The highest BCUT2D eigenvalue weighted by molar-refractivity contribution is 5.97. The zero-order valence-electron chi connectivity index (χ0n) is 17.6. The standard InChI is InChI=1S/C23H29FN4O2/c1-3-28(21-10-5-4-6-11-21)23(30)18(2)27-14-12-26(13-15-27)17-22(29)25-20-9-7-8-19(24)16-20/h4-11,16,18H,3,12-15,17H2,1-2H3,(H,25,29)/t18-/m1/s1. The van der Waals surface area contributed by atoms with Gasteiger partial charge in [-0.15, -0.1) is 0 Å². The molecule has 0 aliphatic carbocycles. The van der Waals surface area contributed by atoms with Crippen LogP contribution in [0.2, 0.25) is 0 Å². The van der Waals surface area contributed by atoms with Crippen LogP contribution in [0, 0.1) is 5.82 Å². The Bertz CT molecular complexity index is 853. The fraction of sp³-hybridized carbons (Fsp3) is 0.391. The highest BCUT2D eigenvalue weighted by atomic mass is 19.1. The molecular weight excluding hydrogens is 383 g/mol. The fourth-order valence-electron chi connectivity index (χ4n) is 3.73. The molecule has 6 nitrogen and oxygen atoms in total. The highest BCUT2D eigenvalue weighted by Gasteiger charge is 2.29. The van der Waals surface area contributed by atoms with E-state index < -0.39 is 0 Å². The van der Waals surface area contributed by atoms with Gasteiger partial charge in [-0.2, -0.15) is 0 Å². The summed E-state index contributed by atoms with van der Waals surface area (Å²) < 4.78 is 13.3. The number of anilines is 2. The zero-order valence-corrected chi connectivity index (χ0v) is 17.6. The van der Waals surface area contributed by atoms with Gasteiger partial charge in [0.1, 0.15) is 5.82 Å². The minimum absolute atomic E-state index is 0.0843. The molecule has 1 heterocycles. The number of piperazine rings is 1. The second-order valence-electron chi connectivity index (χ2n) is 7.46. The Morgan fingerprint density at radius 2 is 1.77 bits per heavy atom.